The lowest BCUT2D eigenvalue weighted by atomic mass is 10.1. The van der Waals surface area contributed by atoms with Gasteiger partial charge in [-0.2, -0.15) is 0 Å². The first-order valence-electron chi connectivity index (χ1n) is 10.5. The van der Waals surface area contributed by atoms with E-state index in [4.69, 9.17) is 9.47 Å². The molecule has 0 fully saturated rings. The molecule has 4 rings (SSSR count). The van der Waals surface area contributed by atoms with E-state index in [0.717, 1.165) is 11.1 Å². The molecule has 0 atom stereocenters. The number of nitrogens with one attached hydrogen (secondary N) is 1. The van der Waals surface area contributed by atoms with E-state index in [0.29, 0.717) is 39.9 Å². The number of aromatic nitrogens is 4. The average Bonchev–Trinajstić information content (AvgIpc) is 3.38. The number of thiophene rings is 1. The summed E-state index contributed by atoms with van der Waals surface area (Å²) in [4.78, 5) is 38.9. The first-order valence-corrected chi connectivity index (χ1v) is 11.3. The highest BCUT2D eigenvalue weighted by molar-refractivity contribution is 7.17. The number of hydrogen-bond donors (Lipinski definition) is 1. The van der Waals surface area contributed by atoms with Crippen molar-refractivity contribution in [2.45, 2.75) is 33.4 Å². The summed E-state index contributed by atoms with van der Waals surface area (Å²) < 4.78 is 14.9. The van der Waals surface area contributed by atoms with Crippen LogP contribution in [0.15, 0.2) is 39.2 Å². The van der Waals surface area contributed by atoms with Gasteiger partial charge in [-0.3, -0.25) is 14.2 Å². The number of aryl methyl sites for hydroxylation is 1. The van der Waals surface area contributed by atoms with Crippen LogP contribution in [0.4, 0.5) is 5.69 Å². The second-order valence-electron chi connectivity index (χ2n) is 7.97. The predicted molar refractivity (Wildman–Crippen MR) is 127 cm³/mol. The maximum absolute atomic E-state index is 13.2. The van der Waals surface area contributed by atoms with Gasteiger partial charge < -0.3 is 14.8 Å². The molecule has 174 valence electrons. The van der Waals surface area contributed by atoms with E-state index >= 15 is 0 Å². The van der Waals surface area contributed by atoms with Crippen molar-refractivity contribution >= 4 is 38.9 Å². The van der Waals surface area contributed by atoms with Crippen LogP contribution >= 0.6 is 11.3 Å². The Labute approximate surface area is 193 Å². The molecular weight excluding hydrogens is 446 g/mol. The lowest BCUT2D eigenvalue weighted by Crippen LogP contribution is -2.29. The van der Waals surface area contributed by atoms with Crippen LogP contribution in [0.25, 0.3) is 16.0 Å². The van der Waals surface area contributed by atoms with Gasteiger partial charge in [0.1, 0.15) is 11.2 Å². The van der Waals surface area contributed by atoms with Crippen molar-refractivity contribution in [1.82, 2.24) is 18.7 Å². The number of rotatable bonds is 8. The Balaban J connectivity index is 1.69. The Morgan fingerprint density at radius 3 is 2.61 bits per heavy atom. The van der Waals surface area contributed by atoms with Crippen LogP contribution in [-0.4, -0.2) is 38.9 Å². The highest BCUT2D eigenvalue weighted by Crippen LogP contribution is 2.29. The summed E-state index contributed by atoms with van der Waals surface area (Å²) in [6.45, 7) is 4.26. The van der Waals surface area contributed by atoms with Gasteiger partial charge in [-0.1, -0.05) is 13.8 Å². The largest absolute Gasteiger partial charge is 0.493 e. The van der Waals surface area contributed by atoms with Crippen LogP contribution in [-0.2, 0) is 17.9 Å². The lowest BCUT2D eigenvalue weighted by molar-refractivity contribution is -0.117. The standard InChI is InChI=1S/C22H25N5O5S/c1-13(2)7-9-25-20(29)19-15(8-10-33-19)27-21(25)24-26(22(27)30)12-18(28)23-14-5-6-16(31-3)17(11-14)32-4/h5-6,8,10-11,13H,7,9,12H2,1-4H3,(H,23,28). The van der Waals surface area contributed by atoms with Crippen molar-refractivity contribution in [2.75, 3.05) is 19.5 Å². The minimum atomic E-state index is -0.478. The van der Waals surface area contributed by atoms with Gasteiger partial charge in [-0.25, -0.2) is 13.9 Å². The number of ether oxygens (including phenoxy) is 2. The van der Waals surface area contributed by atoms with Gasteiger partial charge in [-0.15, -0.1) is 16.4 Å². The fourth-order valence-corrected chi connectivity index (χ4v) is 4.40. The minimum Gasteiger partial charge on any atom is -0.493 e. The van der Waals surface area contributed by atoms with E-state index in [1.54, 1.807) is 29.6 Å². The zero-order valence-electron chi connectivity index (χ0n) is 18.8. The Morgan fingerprint density at radius 2 is 1.91 bits per heavy atom. The van der Waals surface area contributed by atoms with Crippen molar-refractivity contribution < 1.29 is 14.3 Å². The van der Waals surface area contributed by atoms with E-state index < -0.39 is 11.6 Å². The molecular formula is C22H25N5O5S. The second kappa shape index (κ2) is 9.10. The van der Waals surface area contributed by atoms with E-state index in [1.807, 2.05) is 0 Å². The van der Waals surface area contributed by atoms with Gasteiger partial charge in [0.15, 0.2) is 11.5 Å². The molecule has 1 amide bonds. The molecule has 3 heterocycles. The Bertz CT molecular complexity index is 1450. The first kappa shape index (κ1) is 22.6. The number of hydrogen-bond acceptors (Lipinski definition) is 7. The lowest BCUT2D eigenvalue weighted by Gasteiger charge is -2.10. The zero-order chi connectivity index (χ0) is 23.7. The second-order valence-corrected chi connectivity index (χ2v) is 8.88. The van der Waals surface area contributed by atoms with Crippen molar-refractivity contribution in [3.8, 4) is 11.5 Å². The Hall–Kier alpha value is -3.60. The van der Waals surface area contributed by atoms with Gasteiger partial charge in [0, 0.05) is 18.3 Å². The number of carbonyl (C=O) groups excluding carboxylic acids is 1. The SMILES string of the molecule is COc1ccc(NC(=O)Cn2nc3n(CCC(C)C)c(=O)c4sccc4n3c2=O)cc1OC. The molecule has 3 aromatic heterocycles. The predicted octanol–water partition coefficient (Wildman–Crippen LogP) is 2.57. The van der Waals surface area contributed by atoms with E-state index in [-0.39, 0.29) is 17.9 Å². The summed E-state index contributed by atoms with van der Waals surface area (Å²) >= 11 is 1.29. The zero-order valence-corrected chi connectivity index (χ0v) is 19.6. The molecule has 11 heteroatoms. The van der Waals surface area contributed by atoms with Crippen LogP contribution < -0.4 is 26.0 Å². The normalized spacial score (nSPS) is 11.4. The summed E-state index contributed by atoms with van der Waals surface area (Å²) in [5, 5.41) is 8.86. The third-order valence-corrected chi connectivity index (χ3v) is 6.17. The smallest absolute Gasteiger partial charge is 0.352 e. The summed E-state index contributed by atoms with van der Waals surface area (Å²) in [5.41, 5.74) is 0.329. The van der Waals surface area contributed by atoms with Gasteiger partial charge in [0.2, 0.25) is 11.7 Å². The van der Waals surface area contributed by atoms with Gasteiger partial charge >= 0.3 is 5.69 Å². The van der Waals surface area contributed by atoms with Crippen LogP contribution in [0.5, 0.6) is 11.5 Å². The number of anilines is 1. The summed E-state index contributed by atoms with van der Waals surface area (Å²) in [6, 6.07) is 6.69. The van der Waals surface area contributed by atoms with Crippen LogP contribution in [0.3, 0.4) is 0 Å². The van der Waals surface area contributed by atoms with Gasteiger partial charge in [-0.05, 0) is 35.9 Å². The fraction of sp³-hybridized carbons (Fsp3) is 0.364. The van der Waals surface area contributed by atoms with Gasteiger partial charge in [0.05, 0.1) is 19.7 Å². The molecule has 0 aliphatic rings. The molecule has 1 aromatic carbocycles. The van der Waals surface area contributed by atoms with Crippen molar-refractivity contribution in [3.63, 3.8) is 0 Å². The maximum Gasteiger partial charge on any atom is 0.352 e. The minimum absolute atomic E-state index is 0.180. The number of nitrogens with zero attached hydrogens (tertiary/aromatic N) is 4. The van der Waals surface area contributed by atoms with E-state index in [2.05, 4.69) is 24.3 Å². The number of benzene rings is 1. The molecule has 0 aliphatic carbocycles. The third kappa shape index (κ3) is 4.23. The molecule has 10 nitrogen and oxygen atoms in total. The van der Waals surface area contributed by atoms with E-state index in [1.165, 1.54) is 34.5 Å². The monoisotopic (exact) mass is 471 g/mol. The molecule has 0 radical (unpaired) electrons. The number of carbonyl (C=O) groups is 1. The molecule has 4 aromatic rings. The fourth-order valence-electron chi connectivity index (χ4n) is 3.58. The summed E-state index contributed by atoms with van der Waals surface area (Å²) in [7, 11) is 3.03. The summed E-state index contributed by atoms with van der Waals surface area (Å²) in [6.07, 6.45) is 0.757. The molecule has 0 spiro atoms. The molecule has 0 unspecified atom stereocenters. The molecule has 0 bridgehead atoms. The Kier molecular flexibility index (Phi) is 6.23. The number of amides is 1. The van der Waals surface area contributed by atoms with Crippen LogP contribution in [0.1, 0.15) is 20.3 Å². The molecule has 1 N–H and O–H groups in total. The first-order chi connectivity index (χ1) is 15.8. The average molecular weight is 472 g/mol. The maximum atomic E-state index is 13.2. The Morgan fingerprint density at radius 1 is 1.15 bits per heavy atom. The molecule has 0 aliphatic heterocycles. The topological polar surface area (TPSA) is 109 Å². The third-order valence-electron chi connectivity index (χ3n) is 5.28. The number of methoxy groups -OCH3 is 2. The van der Waals surface area contributed by atoms with Crippen molar-refractivity contribution in [1.29, 1.82) is 0 Å². The quantitative estimate of drug-likeness (QED) is 0.423. The van der Waals surface area contributed by atoms with E-state index in [9.17, 15) is 14.4 Å². The summed E-state index contributed by atoms with van der Waals surface area (Å²) in [5.74, 6) is 1.17. The number of fused-ring (bicyclic) bond motifs is 3. The molecule has 33 heavy (non-hydrogen) atoms. The van der Waals surface area contributed by atoms with Crippen molar-refractivity contribution in [2.24, 2.45) is 5.92 Å². The van der Waals surface area contributed by atoms with Gasteiger partial charge in [0.25, 0.3) is 5.56 Å². The highest BCUT2D eigenvalue weighted by Gasteiger charge is 2.20. The highest BCUT2D eigenvalue weighted by atomic mass is 32.1. The molecule has 0 saturated carbocycles. The van der Waals surface area contributed by atoms with Crippen molar-refractivity contribution in [3.05, 3.63) is 50.5 Å². The van der Waals surface area contributed by atoms with Crippen LogP contribution in [0, 0.1) is 5.92 Å². The van der Waals surface area contributed by atoms with Crippen LogP contribution in [0.2, 0.25) is 0 Å². The molecule has 0 saturated heterocycles.